The van der Waals surface area contributed by atoms with Crippen LogP contribution in [0.25, 0.3) is 6.08 Å². The maximum atomic E-state index is 14.4. The molecular formula is C33H43FN4O3. The number of nitro benzene ring substituents is 1. The zero-order chi connectivity index (χ0) is 29.9. The number of likely N-dealkylation sites (tertiary alicyclic amines) is 1. The van der Waals surface area contributed by atoms with E-state index in [9.17, 15) is 14.5 Å². The average Bonchev–Trinajstić information content (AvgIpc) is 3.54. The van der Waals surface area contributed by atoms with E-state index in [1.54, 1.807) is 12.3 Å². The summed E-state index contributed by atoms with van der Waals surface area (Å²) in [5.74, 6) is -0.326. The molecule has 7 nitrogen and oxygen atoms in total. The quantitative estimate of drug-likeness (QED) is 0.254. The number of non-ortho nitro benzene ring substituents is 1. The molecule has 1 aliphatic heterocycles. The molecule has 2 heterocycles. The number of allylic oxidation sites excluding steroid dienone is 5. The van der Waals surface area contributed by atoms with Gasteiger partial charge < -0.3 is 9.64 Å². The summed E-state index contributed by atoms with van der Waals surface area (Å²) in [5, 5.41) is 10.9. The van der Waals surface area contributed by atoms with Crippen LogP contribution in [0.2, 0.25) is 0 Å². The molecule has 1 saturated heterocycles. The van der Waals surface area contributed by atoms with Crippen LogP contribution in [-0.4, -0.2) is 59.5 Å². The first-order valence-electron chi connectivity index (χ1n) is 14.6. The number of nitrogens with zero attached hydrogens (tertiary/aromatic N) is 4. The third kappa shape index (κ3) is 8.44. The monoisotopic (exact) mass is 562 g/mol. The molecule has 5 rings (SSSR count). The minimum atomic E-state index is -0.774. The average molecular weight is 563 g/mol. The predicted molar refractivity (Wildman–Crippen MR) is 165 cm³/mol. The van der Waals surface area contributed by atoms with Crippen molar-refractivity contribution in [1.82, 2.24) is 14.8 Å². The van der Waals surface area contributed by atoms with Crippen molar-refractivity contribution >= 4 is 11.8 Å². The third-order valence-electron chi connectivity index (χ3n) is 7.02. The number of rotatable bonds is 7. The fraction of sp³-hybridized carbons (Fsp3) is 0.424. The maximum absolute atomic E-state index is 14.4. The largest absolute Gasteiger partial charge is 0.454 e. The Morgan fingerprint density at radius 2 is 1.90 bits per heavy atom. The molecule has 2 aliphatic carbocycles. The van der Waals surface area contributed by atoms with Gasteiger partial charge in [-0.2, -0.15) is 0 Å². The lowest BCUT2D eigenvalue weighted by Gasteiger charge is -2.20. The second kappa shape index (κ2) is 15.4. The summed E-state index contributed by atoms with van der Waals surface area (Å²) < 4.78 is 20.3. The summed E-state index contributed by atoms with van der Waals surface area (Å²) in [6.07, 6.45) is 16.5. The van der Waals surface area contributed by atoms with E-state index >= 15 is 0 Å². The van der Waals surface area contributed by atoms with Crippen molar-refractivity contribution in [3.8, 4) is 11.5 Å². The van der Waals surface area contributed by atoms with E-state index in [4.69, 9.17) is 4.74 Å². The molecule has 0 spiro atoms. The molecule has 0 saturated carbocycles. The van der Waals surface area contributed by atoms with Crippen LogP contribution >= 0.6 is 0 Å². The van der Waals surface area contributed by atoms with Gasteiger partial charge in [0.05, 0.1) is 16.7 Å². The number of fused-ring (bicyclic) bond motifs is 1. The number of hydrogen-bond acceptors (Lipinski definition) is 6. The van der Waals surface area contributed by atoms with Crippen molar-refractivity contribution < 1.29 is 14.1 Å². The summed E-state index contributed by atoms with van der Waals surface area (Å²) in [5.41, 5.74) is 4.97. The Hall–Kier alpha value is -3.62. The van der Waals surface area contributed by atoms with Gasteiger partial charge in [0.2, 0.25) is 0 Å². The highest BCUT2D eigenvalue weighted by molar-refractivity contribution is 5.70. The molecule has 1 aromatic heterocycles. The van der Waals surface area contributed by atoms with Gasteiger partial charge in [0.1, 0.15) is 5.75 Å². The van der Waals surface area contributed by atoms with Crippen LogP contribution in [0.5, 0.6) is 11.5 Å². The first-order valence-corrected chi connectivity index (χ1v) is 14.6. The molecule has 0 amide bonds. The number of benzene rings is 1. The van der Waals surface area contributed by atoms with Gasteiger partial charge in [0.25, 0.3) is 5.69 Å². The van der Waals surface area contributed by atoms with Gasteiger partial charge in [0, 0.05) is 49.9 Å². The fourth-order valence-electron chi connectivity index (χ4n) is 4.95. The van der Waals surface area contributed by atoms with E-state index in [0.29, 0.717) is 18.2 Å². The first-order chi connectivity index (χ1) is 19.8. The molecule has 0 N–H and O–H groups in total. The zero-order valence-electron chi connectivity index (χ0n) is 25.2. The van der Waals surface area contributed by atoms with E-state index in [-0.39, 0.29) is 11.4 Å². The molecule has 41 heavy (non-hydrogen) atoms. The number of aromatic nitrogens is 1. The molecule has 8 heteroatoms. The van der Waals surface area contributed by atoms with Gasteiger partial charge >= 0.3 is 0 Å². The lowest BCUT2D eigenvalue weighted by Crippen LogP contribution is -2.32. The molecule has 3 aliphatic rings. The number of hydrogen-bond donors (Lipinski definition) is 0. The van der Waals surface area contributed by atoms with Gasteiger partial charge in [-0.1, -0.05) is 58.4 Å². The summed E-state index contributed by atoms with van der Waals surface area (Å²) in [4.78, 5) is 19.6. The Morgan fingerprint density at radius 3 is 2.56 bits per heavy atom. The topological polar surface area (TPSA) is 71.7 Å². The summed E-state index contributed by atoms with van der Waals surface area (Å²) >= 11 is 0. The third-order valence-corrected chi connectivity index (χ3v) is 7.02. The number of halogens is 1. The highest BCUT2D eigenvalue weighted by Crippen LogP contribution is 2.38. The van der Waals surface area contributed by atoms with Gasteiger partial charge in [-0.25, -0.2) is 4.39 Å². The lowest BCUT2D eigenvalue weighted by molar-refractivity contribution is -0.385. The molecular weight excluding hydrogens is 519 g/mol. The summed E-state index contributed by atoms with van der Waals surface area (Å²) in [6.45, 7) is 11.4. The van der Waals surface area contributed by atoms with E-state index in [0.717, 1.165) is 54.5 Å². The van der Waals surface area contributed by atoms with Crippen LogP contribution in [-0.2, 0) is 6.42 Å². The van der Waals surface area contributed by atoms with E-state index in [1.807, 2.05) is 13.8 Å². The number of ether oxygens (including phenoxy) is 1. The molecule has 1 unspecified atom stereocenters. The highest BCUT2D eigenvalue weighted by Gasteiger charge is 2.25. The van der Waals surface area contributed by atoms with Crippen molar-refractivity contribution in [3.05, 3.63) is 98.7 Å². The van der Waals surface area contributed by atoms with Gasteiger partial charge in [-0.05, 0) is 61.9 Å². The number of nitro groups is 1. The highest BCUT2D eigenvalue weighted by atomic mass is 19.1. The molecule has 1 fully saturated rings. The van der Waals surface area contributed by atoms with Crippen LogP contribution < -0.4 is 4.74 Å². The van der Waals surface area contributed by atoms with Crippen molar-refractivity contribution in [3.63, 3.8) is 0 Å². The Morgan fingerprint density at radius 1 is 1.15 bits per heavy atom. The van der Waals surface area contributed by atoms with Crippen LogP contribution in [0.4, 0.5) is 10.1 Å². The minimum absolute atomic E-state index is 0.0525. The van der Waals surface area contributed by atoms with Crippen molar-refractivity contribution in [2.45, 2.75) is 59.4 Å². The van der Waals surface area contributed by atoms with Crippen molar-refractivity contribution in [2.24, 2.45) is 0 Å². The van der Waals surface area contributed by atoms with Gasteiger partial charge in [-0.3, -0.25) is 20.0 Å². The standard InChI is InChI=1S/C28H29FN4O3.C3H8.C2H6/c1-31(2)23-11-13-32(18-23)17-19-4-3-5-20(7-6-19)21-14-24-26(15-21)30-12-10-27(24)36-28-9-8-22(33(34)35)16-25(28)29;1-3-2;1-2/h4-10,12,15-16,23H,3,11,13-14,17-18H2,1-2H3;3H2,1-2H3;1-2H3. The first kappa shape index (κ1) is 31.9. The second-order valence-electron chi connectivity index (χ2n) is 10.3. The van der Waals surface area contributed by atoms with E-state index in [2.05, 4.69) is 73.1 Å². The van der Waals surface area contributed by atoms with Gasteiger partial charge in [-0.15, -0.1) is 0 Å². The molecule has 220 valence electrons. The smallest absolute Gasteiger partial charge is 0.272 e. The van der Waals surface area contributed by atoms with Crippen LogP contribution in [0.15, 0.2) is 71.5 Å². The minimum Gasteiger partial charge on any atom is -0.454 e. The Bertz CT molecular complexity index is 1330. The van der Waals surface area contributed by atoms with Gasteiger partial charge in [0.15, 0.2) is 11.6 Å². The Balaban J connectivity index is 0.000000868. The normalized spacial score (nSPS) is 17.8. The SMILES string of the molecule is CC.CCC.CN(C)C1CCN(CC2=CCC=C(C3=Cc4nccc(Oc5ccc([N+](=O)[O-])cc5F)c4C3)C=C2)C1. The zero-order valence-corrected chi connectivity index (χ0v) is 25.2. The predicted octanol–water partition coefficient (Wildman–Crippen LogP) is 7.75. The number of pyridine rings is 1. The van der Waals surface area contributed by atoms with Crippen LogP contribution in [0, 0.1) is 15.9 Å². The number of likely N-dealkylation sites (N-methyl/N-ethyl adjacent to an activating group) is 1. The van der Waals surface area contributed by atoms with E-state index < -0.39 is 10.7 Å². The molecule has 0 radical (unpaired) electrons. The molecule has 1 atom stereocenters. The van der Waals surface area contributed by atoms with Crippen LogP contribution in [0.3, 0.4) is 0 Å². The lowest BCUT2D eigenvalue weighted by atomic mass is 10.0. The summed E-state index contributed by atoms with van der Waals surface area (Å²) in [7, 11) is 4.30. The van der Waals surface area contributed by atoms with Crippen LogP contribution in [0.1, 0.15) is 58.2 Å². The maximum Gasteiger partial charge on any atom is 0.272 e. The summed E-state index contributed by atoms with van der Waals surface area (Å²) in [6, 6.07) is 5.71. The van der Waals surface area contributed by atoms with Crippen molar-refractivity contribution in [2.75, 3.05) is 33.7 Å². The molecule has 0 bridgehead atoms. The molecule has 2 aromatic rings. The Kier molecular flexibility index (Phi) is 12.0. The van der Waals surface area contributed by atoms with E-state index in [1.165, 1.54) is 30.5 Å². The van der Waals surface area contributed by atoms with Crippen molar-refractivity contribution in [1.29, 1.82) is 0 Å². The fourth-order valence-corrected chi connectivity index (χ4v) is 4.95. The molecule has 1 aromatic carbocycles. The second-order valence-corrected chi connectivity index (χ2v) is 10.3. The Labute approximate surface area is 243 Å².